The van der Waals surface area contributed by atoms with Gasteiger partial charge in [0.2, 0.25) is 5.88 Å². The molecule has 1 heterocycles. The molecule has 2 N–H and O–H groups in total. The molecule has 2 aromatic rings. The van der Waals surface area contributed by atoms with E-state index in [2.05, 4.69) is 4.98 Å². The molecule has 0 aliphatic carbocycles. The zero-order chi connectivity index (χ0) is 14.7. The molecule has 0 saturated heterocycles. The lowest BCUT2D eigenvalue weighted by molar-refractivity contribution is 0.101. The zero-order valence-corrected chi connectivity index (χ0v) is 11.7. The highest BCUT2D eigenvalue weighted by Crippen LogP contribution is 2.26. The molecule has 5 nitrogen and oxygen atoms in total. The third-order valence-corrected chi connectivity index (χ3v) is 3.16. The Labute approximate surface area is 121 Å². The van der Waals surface area contributed by atoms with Gasteiger partial charge in [-0.25, -0.2) is 4.98 Å². The molecule has 0 atom stereocenters. The summed E-state index contributed by atoms with van der Waals surface area (Å²) in [6, 6.07) is 9.16. The van der Waals surface area contributed by atoms with Gasteiger partial charge in [0.15, 0.2) is 5.78 Å². The maximum Gasteiger partial charge on any atom is 0.206 e. The van der Waals surface area contributed by atoms with Crippen molar-refractivity contribution in [1.29, 1.82) is 0 Å². The van der Waals surface area contributed by atoms with Crippen LogP contribution in [0.2, 0.25) is 0 Å². The van der Waals surface area contributed by atoms with Crippen LogP contribution in [0.4, 0.5) is 0 Å². The van der Waals surface area contributed by atoms with Crippen molar-refractivity contribution in [1.82, 2.24) is 9.55 Å². The molecule has 2 rings (SSSR count). The topological polar surface area (TPSA) is 75.3 Å². The largest absolute Gasteiger partial charge is 0.494 e. The van der Waals surface area contributed by atoms with Gasteiger partial charge in [0, 0.05) is 5.56 Å². The second-order valence-corrected chi connectivity index (χ2v) is 4.62. The van der Waals surface area contributed by atoms with E-state index in [4.69, 9.17) is 17.3 Å². The van der Waals surface area contributed by atoms with Crippen molar-refractivity contribution >= 4 is 18.0 Å². The highest BCUT2D eigenvalue weighted by molar-refractivity contribution is 7.71. The lowest BCUT2D eigenvalue weighted by atomic mass is 10.1. The average Bonchev–Trinajstić information content (AvgIpc) is 2.42. The Hall–Kier alpha value is -2.05. The Morgan fingerprint density at radius 3 is 2.55 bits per heavy atom. The van der Waals surface area contributed by atoms with E-state index in [1.165, 1.54) is 11.5 Å². The van der Waals surface area contributed by atoms with E-state index in [0.717, 1.165) is 5.56 Å². The average molecular weight is 290 g/mol. The molecule has 0 spiro atoms. The fraction of sp³-hybridized carbons (Fsp3) is 0.214. The predicted octanol–water partition coefficient (Wildman–Crippen LogP) is 2.18. The standard InChI is InChI=1S/C14H14N2O3S/c1-9(18)11-13(20)15-12(10-5-3-2-4-6-10)16(7-8-17)14(11)19/h2-6,17,19H,7-8H2,1H3. The number of benzene rings is 1. The minimum Gasteiger partial charge on any atom is -0.494 e. The van der Waals surface area contributed by atoms with E-state index in [9.17, 15) is 9.90 Å². The molecule has 1 aromatic carbocycles. The number of carbonyl (C=O) groups excluding carboxylic acids is 1. The Balaban J connectivity index is 2.76. The summed E-state index contributed by atoms with van der Waals surface area (Å²) >= 11 is 5.08. The number of aliphatic hydroxyl groups excluding tert-OH is 1. The highest BCUT2D eigenvalue weighted by atomic mass is 32.1. The third-order valence-electron chi connectivity index (χ3n) is 2.86. The molecule has 0 radical (unpaired) electrons. The van der Waals surface area contributed by atoms with Gasteiger partial charge in [-0.05, 0) is 6.92 Å². The van der Waals surface area contributed by atoms with Crippen molar-refractivity contribution in [3.63, 3.8) is 0 Å². The van der Waals surface area contributed by atoms with Gasteiger partial charge in [0.1, 0.15) is 16.0 Å². The van der Waals surface area contributed by atoms with E-state index in [-0.39, 0.29) is 35.0 Å². The smallest absolute Gasteiger partial charge is 0.206 e. The summed E-state index contributed by atoms with van der Waals surface area (Å²) in [5.74, 6) is -0.191. The Bertz CT molecular complexity index is 696. The number of Topliss-reactive ketones (excluding diaryl/α,β-unsaturated/α-hetero) is 1. The Morgan fingerprint density at radius 2 is 2.00 bits per heavy atom. The fourth-order valence-electron chi connectivity index (χ4n) is 1.97. The van der Waals surface area contributed by atoms with Crippen LogP contribution in [0.1, 0.15) is 17.3 Å². The summed E-state index contributed by atoms with van der Waals surface area (Å²) in [6.45, 7) is 1.25. The first kappa shape index (κ1) is 14.4. The molecule has 104 valence electrons. The molecule has 6 heteroatoms. The van der Waals surface area contributed by atoms with Crippen LogP contribution in [-0.2, 0) is 6.54 Å². The fourth-order valence-corrected chi connectivity index (χ4v) is 2.29. The SMILES string of the molecule is CC(=O)c1c(O)n(CCO)c(-c2ccccc2)nc1=S. The van der Waals surface area contributed by atoms with Gasteiger partial charge in [-0.1, -0.05) is 42.5 Å². The molecule has 0 unspecified atom stereocenters. The van der Waals surface area contributed by atoms with E-state index in [1.807, 2.05) is 30.3 Å². The first-order valence-electron chi connectivity index (χ1n) is 6.07. The van der Waals surface area contributed by atoms with E-state index in [0.29, 0.717) is 5.82 Å². The summed E-state index contributed by atoms with van der Waals surface area (Å²) < 4.78 is 1.45. The van der Waals surface area contributed by atoms with Crippen LogP contribution in [0.3, 0.4) is 0 Å². The normalized spacial score (nSPS) is 10.5. The number of ketones is 1. The van der Waals surface area contributed by atoms with Gasteiger partial charge in [-0.15, -0.1) is 0 Å². The molecule has 0 bridgehead atoms. The van der Waals surface area contributed by atoms with Crippen LogP contribution in [0.5, 0.6) is 5.88 Å². The first-order valence-corrected chi connectivity index (χ1v) is 6.48. The molecule has 0 aliphatic heterocycles. The van der Waals surface area contributed by atoms with Crippen molar-refractivity contribution < 1.29 is 15.0 Å². The number of aromatic nitrogens is 2. The minimum atomic E-state index is -0.355. The van der Waals surface area contributed by atoms with E-state index < -0.39 is 0 Å². The van der Waals surface area contributed by atoms with Gasteiger partial charge >= 0.3 is 0 Å². The zero-order valence-electron chi connectivity index (χ0n) is 10.9. The molecular formula is C14H14N2O3S. The Morgan fingerprint density at radius 1 is 1.35 bits per heavy atom. The van der Waals surface area contributed by atoms with Crippen molar-refractivity contribution in [2.45, 2.75) is 13.5 Å². The highest BCUT2D eigenvalue weighted by Gasteiger charge is 2.18. The number of nitrogens with zero attached hydrogens (tertiary/aromatic N) is 2. The van der Waals surface area contributed by atoms with Crippen molar-refractivity contribution in [2.75, 3.05) is 6.61 Å². The van der Waals surface area contributed by atoms with Crippen LogP contribution in [-0.4, -0.2) is 32.2 Å². The van der Waals surface area contributed by atoms with Gasteiger partial charge in [-0.3, -0.25) is 9.36 Å². The van der Waals surface area contributed by atoms with Crippen LogP contribution < -0.4 is 0 Å². The molecule has 0 amide bonds. The van der Waals surface area contributed by atoms with Crippen LogP contribution >= 0.6 is 12.2 Å². The minimum absolute atomic E-state index is 0.00753. The predicted molar refractivity (Wildman–Crippen MR) is 77.3 cm³/mol. The van der Waals surface area contributed by atoms with Gasteiger partial charge in [0.05, 0.1) is 13.2 Å². The number of aliphatic hydroxyl groups is 1. The van der Waals surface area contributed by atoms with E-state index >= 15 is 0 Å². The molecule has 0 saturated carbocycles. The maximum absolute atomic E-state index is 11.5. The lowest BCUT2D eigenvalue weighted by Gasteiger charge is -2.16. The summed E-state index contributed by atoms with van der Waals surface area (Å²) in [4.78, 5) is 15.8. The van der Waals surface area contributed by atoms with Gasteiger partial charge in [0.25, 0.3) is 0 Å². The van der Waals surface area contributed by atoms with Crippen LogP contribution in [0, 0.1) is 4.64 Å². The number of hydrogen-bond donors (Lipinski definition) is 2. The van der Waals surface area contributed by atoms with Gasteiger partial charge < -0.3 is 10.2 Å². The van der Waals surface area contributed by atoms with Crippen LogP contribution in [0.15, 0.2) is 30.3 Å². The molecule has 20 heavy (non-hydrogen) atoms. The summed E-state index contributed by atoms with van der Waals surface area (Å²) in [6.07, 6.45) is 0. The lowest BCUT2D eigenvalue weighted by Crippen LogP contribution is -2.13. The second-order valence-electron chi connectivity index (χ2n) is 4.24. The number of hydrogen-bond acceptors (Lipinski definition) is 5. The number of aromatic hydroxyl groups is 1. The summed E-state index contributed by atoms with van der Waals surface area (Å²) in [5, 5.41) is 19.4. The maximum atomic E-state index is 11.5. The van der Waals surface area contributed by atoms with Crippen LogP contribution in [0.25, 0.3) is 11.4 Å². The van der Waals surface area contributed by atoms with Crippen molar-refractivity contribution in [3.8, 4) is 17.3 Å². The summed E-state index contributed by atoms with van der Waals surface area (Å²) in [7, 11) is 0. The third kappa shape index (κ3) is 2.61. The van der Waals surface area contributed by atoms with Gasteiger partial charge in [-0.2, -0.15) is 0 Å². The quantitative estimate of drug-likeness (QED) is 0.667. The van der Waals surface area contributed by atoms with Crippen molar-refractivity contribution in [3.05, 3.63) is 40.5 Å². The molecule has 0 aliphatic rings. The number of carbonyl (C=O) groups is 1. The first-order chi connectivity index (χ1) is 9.56. The molecular weight excluding hydrogens is 276 g/mol. The summed E-state index contributed by atoms with van der Waals surface area (Å²) in [5.41, 5.74) is 0.755. The van der Waals surface area contributed by atoms with E-state index in [1.54, 1.807) is 0 Å². The Kier molecular flexibility index (Phi) is 4.26. The molecule has 1 aromatic heterocycles. The number of rotatable bonds is 4. The monoisotopic (exact) mass is 290 g/mol. The molecule has 0 fully saturated rings. The van der Waals surface area contributed by atoms with Crippen molar-refractivity contribution in [2.24, 2.45) is 0 Å². The second kappa shape index (κ2) is 5.94.